The molecule has 2 aromatic carbocycles. The Hall–Kier alpha value is -3.85. The second kappa shape index (κ2) is 8.01. The molecule has 0 spiro atoms. The minimum atomic E-state index is -1.47. The lowest BCUT2D eigenvalue weighted by Gasteiger charge is -2.19. The summed E-state index contributed by atoms with van der Waals surface area (Å²) in [6, 6.07) is 9.10. The van der Waals surface area contributed by atoms with Crippen molar-refractivity contribution in [2.24, 2.45) is 0 Å². The maximum Gasteiger partial charge on any atom is 0.511 e. The minimum absolute atomic E-state index is 0.00628. The lowest BCUT2D eigenvalue weighted by atomic mass is 9.91. The van der Waals surface area contributed by atoms with E-state index in [0.717, 1.165) is 31.4 Å². The molecule has 162 valence electrons. The molecule has 2 aromatic heterocycles. The van der Waals surface area contributed by atoms with Gasteiger partial charge in [0.15, 0.2) is 5.75 Å². The molecule has 9 nitrogen and oxygen atoms in total. The zero-order chi connectivity index (χ0) is 22.2. The second-order valence-corrected chi connectivity index (χ2v) is 7.79. The molecule has 2 N–H and O–H groups in total. The van der Waals surface area contributed by atoms with Crippen molar-refractivity contribution in [2.45, 2.75) is 25.7 Å². The normalized spacial score (nSPS) is 13.0. The summed E-state index contributed by atoms with van der Waals surface area (Å²) < 4.78 is 11.9. The molecule has 0 atom stereocenters. The van der Waals surface area contributed by atoms with E-state index in [1.807, 2.05) is 12.1 Å². The first-order valence-electron chi connectivity index (χ1n) is 9.96. The quantitative estimate of drug-likeness (QED) is 0.438. The number of halogens is 1. The van der Waals surface area contributed by atoms with Crippen molar-refractivity contribution >= 4 is 28.7 Å². The Balaban J connectivity index is 1.51. The monoisotopic (exact) mass is 452 g/mol. The van der Waals surface area contributed by atoms with Crippen LogP contribution in [-0.2, 0) is 12.8 Å². The van der Waals surface area contributed by atoms with E-state index in [2.05, 4.69) is 25.9 Å². The fourth-order valence-corrected chi connectivity index (χ4v) is 4.05. The van der Waals surface area contributed by atoms with Crippen LogP contribution in [-0.4, -0.2) is 31.0 Å². The van der Waals surface area contributed by atoms with Gasteiger partial charge in [-0.1, -0.05) is 23.7 Å². The van der Waals surface area contributed by atoms with E-state index in [0.29, 0.717) is 21.7 Å². The van der Waals surface area contributed by atoms with Gasteiger partial charge in [-0.25, -0.2) is 14.5 Å². The summed E-state index contributed by atoms with van der Waals surface area (Å²) in [4.78, 5) is 30.4. The molecular formula is C22H17ClN4O5. The predicted molar refractivity (Wildman–Crippen MR) is 116 cm³/mol. The average molecular weight is 453 g/mol. The van der Waals surface area contributed by atoms with Crippen LogP contribution in [0.15, 0.2) is 47.5 Å². The minimum Gasteiger partial charge on any atom is -0.455 e. The van der Waals surface area contributed by atoms with Gasteiger partial charge in [0, 0.05) is 0 Å². The molecule has 0 saturated carbocycles. The third-order valence-corrected chi connectivity index (χ3v) is 5.60. The third-order valence-electron chi connectivity index (χ3n) is 5.30. The number of hydrogen-bond acceptors (Lipinski definition) is 6. The number of carboxylic acid groups (broad SMARTS) is 1. The number of aromatic nitrogens is 4. The number of rotatable bonds is 4. The summed E-state index contributed by atoms with van der Waals surface area (Å²) in [5.74, 6) is 1.19. The summed E-state index contributed by atoms with van der Waals surface area (Å²) in [7, 11) is 0. The van der Waals surface area contributed by atoms with E-state index in [9.17, 15) is 9.59 Å². The molecule has 10 heteroatoms. The van der Waals surface area contributed by atoms with E-state index in [1.54, 1.807) is 12.1 Å². The van der Waals surface area contributed by atoms with Crippen LogP contribution in [0, 0.1) is 0 Å². The van der Waals surface area contributed by atoms with Crippen molar-refractivity contribution < 1.29 is 19.4 Å². The van der Waals surface area contributed by atoms with Gasteiger partial charge in [0.2, 0.25) is 5.95 Å². The molecule has 1 aliphatic rings. The molecule has 0 amide bonds. The predicted octanol–water partition coefficient (Wildman–Crippen LogP) is 4.49. The number of aryl methyl sites for hydroxylation is 1. The van der Waals surface area contributed by atoms with Gasteiger partial charge in [-0.15, -0.1) is 0 Å². The molecular weight excluding hydrogens is 436 g/mol. The number of H-pyrrole nitrogens is 1. The lowest BCUT2D eigenvalue weighted by molar-refractivity contribution is 0.144. The highest BCUT2D eigenvalue weighted by molar-refractivity contribution is 6.32. The van der Waals surface area contributed by atoms with Crippen LogP contribution in [0.3, 0.4) is 0 Å². The first-order chi connectivity index (χ1) is 15.5. The van der Waals surface area contributed by atoms with Crippen molar-refractivity contribution in [3.63, 3.8) is 0 Å². The van der Waals surface area contributed by atoms with E-state index < -0.39 is 11.7 Å². The summed E-state index contributed by atoms with van der Waals surface area (Å²) in [5.41, 5.74) is 2.38. The van der Waals surface area contributed by atoms with Crippen LogP contribution in [0.4, 0.5) is 4.79 Å². The molecule has 32 heavy (non-hydrogen) atoms. The maximum absolute atomic E-state index is 12.7. The standard InChI is InChI=1S/C22H17ClN4O5/c23-16-9-17-15(8-19(16)32-18-7-3-5-12-4-1-2-6-14(12)18)20(28)26-21(25-17)27-11-13(10-24-27)31-22(29)30/h3,5,7-11H,1-2,4,6H2,(H,29,30)(H,25,26,28). The third kappa shape index (κ3) is 3.78. The topological polar surface area (TPSA) is 119 Å². The maximum atomic E-state index is 12.7. The number of ether oxygens (including phenoxy) is 2. The van der Waals surface area contributed by atoms with Crippen LogP contribution in [0.25, 0.3) is 16.9 Å². The van der Waals surface area contributed by atoms with Crippen molar-refractivity contribution in [2.75, 3.05) is 0 Å². The Labute approximate surface area is 186 Å². The van der Waals surface area contributed by atoms with Crippen molar-refractivity contribution in [1.82, 2.24) is 19.7 Å². The number of benzene rings is 2. The second-order valence-electron chi connectivity index (χ2n) is 7.38. The number of nitrogens with zero attached hydrogens (tertiary/aromatic N) is 3. The zero-order valence-corrected chi connectivity index (χ0v) is 17.4. The molecule has 1 aliphatic carbocycles. The Kier molecular flexibility index (Phi) is 5.02. The lowest BCUT2D eigenvalue weighted by Crippen LogP contribution is -2.14. The average Bonchev–Trinajstić information content (AvgIpc) is 3.22. The summed E-state index contributed by atoms with van der Waals surface area (Å²) in [6.45, 7) is 0. The summed E-state index contributed by atoms with van der Waals surface area (Å²) in [5, 5.41) is 13.3. The van der Waals surface area contributed by atoms with Gasteiger partial charge in [0.05, 0.1) is 28.3 Å². The molecule has 0 bridgehead atoms. The molecule has 2 heterocycles. The molecule has 0 radical (unpaired) electrons. The van der Waals surface area contributed by atoms with E-state index in [4.69, 9.17) is 21.4 Å². The van der Waals surface area contributed by atoms with Crippen molar-refractivity contribution in [3.8, 4) is 23.2 Å². The highest BCUT2D eigenvalue weighted by Crippen LogP contribution is 2.36. The smallest absolute Gasteiger partial charge is 0.455 e. The number of hydrogen-bond donors (Lipinski definition) is 2. The van der Waals surface area contributed by atoms with Gasteiger partial charge in [0.1, 0.15) is 11.5 Å². The SMILES string of the molecule is O=C(O)Oc1cnn(-c2nc3cc(Cl)c(Oc4cccc5c4CCCC5)cc3c(=O)[nH]2)c1. The number of fused-ring (bicyclic) bond motifs is 2. The molecule has 4 aromatic rings. The number of nitrogens with one attached hydrogen (secondary N) is 1. The molecule has 0 unspecified atom stereocenters. The van der Waals surface area contributed by atoms with Crippen molar-refractivity contribution in [1.29, 1.82) is 0 Å². The van der Waals surface area contributed by atoms with E-state index >= 15 is 0 Å². The van der Waals surface area contributed by atoms with Gasteiger partial charge in [-0.05, 0) is 55.0 Å². The van der Waals surface area contributed by atoms with Gasteiger partial charge in [-0.3, -0.25) is 9.78 Å². The van der Waals surface area contributed by atoms with Crippen LogP contribution in [0.5, 0.6) is 17.2 Å². The summed E-state index contributed by atoms with van der Waals surface area (Å²) in [6.07, 6.45) is 5.26. The molecule has 5 rings (SSSR count). The highest BCUT2D eigenvalue weighted by Gasteiger charge is 2.17. The Morgan fingerprint density at radius 3 is 2.88 bits per heavy atom. The van der Waals surface area contributed by atoms with Crippen LogP contribution in [0.2, 0.25) is 5.02 Å². The van der Waals surface area contributed by atoms with Gasteiger partial charge >= 0.3 is 6.16 Å². The van der Waals surface area contributed by atoms with E-state index in [1.165, 1.54) is 28.2 Å². The summed E-state index contributed by atoms with van der Waals surface area (Å²) >= 11 is 6.46. The zero-order valence-electron chi connectivity index (χ0n) is 16.7. The van der Waals surface area contributed by atoms with Crippen molar-refractivity contribution in [3.05, 3.63) is 69.2 Å². The molecule has 0 fully saturated rings. The molecule has 0 saturated heterocycles. The first kappa shape index (κ1) is 20.1. The van der Waals surface area contributed by atoms with Crippen LogP contribution >= 0.6 is 11.6 Å². The number of aromatic amines is 1. The Morgan fingerprint density at radius 2 is 2.03 bits per heavy atom. The van der Waals surface area contributed by atoms with Crippen LogP contribution < -0.4 is 15.0 Å². The Morgan fingerprint density at radius 1 is 1.19 bits per heavy atom. The first-order valence-corrected chi connectivity index (χ1v) is 10.3. The highest BCUT2D eigenvalue weighted by atomic mass is 35.5. The fraction of sp³-hybridized carbons (Fsp3) is 0.182. The Bertz CT molecular complexity index is 1410. The van der Waals surface area contributed by atoms with Gasteiger partial charge in [-0.2, -0.15) is 5.10 Å². The van der Waals surface area contributed by atoms with Gasteiger partial charge < -0.3 is 14.6 Å². The van der Waals surface area contributed by atoms with Crippen LogP contribution in [0.1, 0.15) is 24.0 Å². The molecule has 0 aliphatic heterocycles. The fourth-order valence-electron chi connectivity index (χ4n) is 3.85. The largest absolute Gasteiger partial charge is 0.511 e. The number of carbonyl (C=O) groups is 1. The van der Waals surface area contributed by atoms with Gasteiger partial charge in [0.25, 0.3) is 5.56 Å². The van der Waals surface area contributed by atoms with E-state index in [-0.39, 0.29) is 11.7 Å².